The predicted molar refractivity (Wildman–Crippen MR) is 50.7 cm³/mol. The molecular weight excluding hydrogens is 183 g/mol. The number of hydrogen-bond acceptors (Lipinski definition) is 3. The molecule has 2 heterocycles. The van der Waals surface area contributed by atoms with Gasteiger partial charge in [-0.15, -0.1) is 0 Å². The van der Waals surface area contributed by atoms with Crippen molar-refractivity contribution in [1.29, 1.82) is 0 Å². The maximum absolute atomic E-state index is 13.0. The Bertz CT molecular complexity index is 324. The van der Waals surface area contributed by atoms with Gasteiger partial charge in [0.05, 0.1) is 13.3 Å². The molecule has 0 bridgehead atoms. The summed E-state index contributed by atoms with van der Waals surface area (Å²) in [5.74, 6) is 0.209. The van der Waals surface area contributed by atoms with E-state index in [4.69, 9.17) is 4.74 Å². The summed E-state index contributed by atoms with van der Waals surface area (Å²) in [4.78, 5) is 3.90. The number of halogens is 1. The van der Waals surface area contributed by atoms with E-state index >= 15 is 0 Å². The van der Waals surface area contributed by atoms with Crippen molar-refractivity contribution in [3.05, 3.63) is 23.6 Å². The Hall–Kier alpha value is -1.16. The van der Waals surface area contributed by atoms with E-state index in [9.17, 15) is 4.39 Å². The van der Waals surface area contributed by atoms with Gasteiger partial charge in [-0.3, -0.25) is 0 Å². The van der Waals surface area contributed by atoms with Gasteiger partial charge in [-0.2, -0.15) is 0 Å². The molecule has 1 atom stereocenters. The largest absolute Gasteiger partial charge is 0.481 e. The molecule has 1 fully saturated rings. The number of hydrogen-bond donors (Lipinski definition) is 1. The Balaban J connectivity index is 2.33. The number of nitrogens with zero attached hydrogens (tertiary/aromatic N) is 1. The Morgan fingerprint density at radius 1 is 1.64 bits per heavy atom. The van der Waals surface area contributed by atoms with Gasteiger partial charge in [-0.05, 0) is 25.5 Å². The maximum Gasteiger partial charge on any atom is 0.218 e. The molecular formula is C10H13FN2O. The molecule has 1 unspecified atom stereocenters. The first-order chi connectivity index (χ1) is 6.81. The summed E-state index contributed by atoms with van der Waals surface area (Å²) in [6.07, 6.45) is 3.31. The zero-order valence-corrected chi connectivity index (χ0v) is 8.09. The van der Waals surface area contributed by atoms with E-state index in [0.29, 0.717) is 5.88 Å². The van der Waals surface area contributed by atoms with Gasteiger partial charge >= 0.3 is 0 Å². The second kappa shape index (κ2) is 3.92. The van der Waals surface area contributed by atoms with E-state index in [0.717, 1.165) is 24.9 Å². The quantitative estimate of drug-likeness (QED) is 0.781. The molecule has 0 radical (unpaired) electrons. The van der Waals surface area contributed by atoms with Crippen LogP contribution in [0.15, 0.2) is 12.3 Å². The summed E-state index contributed by atoms with van der Waals surface area (Å²) in [5, 5.41) is 3.29. The lowest BCUT2D eigenvalue weighted by Gasteiger charge is -2.13. The van der Waals surface area contributed by atoms with Gasteiger partial charge in [-0.1, -0.05) is 0 Å². The van der Waals surface area contributed by atoms with E-state index in [1.54, 1.807) is 7.11 Å². The smallest absolute Gasteiger partial charge is 0.218 e. The Kier molecular flexibility index (Phi) is 2.63. The lowest BCUT2D eigenvalue weighted by atomic mass is 10.1. The Morgan fingerprint density at radius 3 is 3.14 bits per heavy atom. The summed E-state index contributed by atoms with van der Waals surface area (Å²) in [7, 11) is 1.55. The summed E-state index contributed by atoms with van der Waals surface area (Å²) < 4.78 is 18.1. The van der Waals surface area contributed by atoms with Crippen LogP contribution in [0.25, 0.3) is 0 Å². The van der Waals surface area contributed by atoms with Gasteiger partial charge in [0.1, 0.15) is 5.82 Å². The molecule has 2 rings (SSSR count). The first kappa shape index (κ1) is 9.40. The first-order valence-electron chi connectivity index (χ1n) is 4.74. The predicted octanol–water partition coefficient (Wildman–Crippen LogP) is 1.65. The van der Waals surface area contributed by atoms with Crippen molar-refractivity contribution in [3.63, 3.8) is 0 Å². The molecule has 1 aromatic heterocycles. The van der Waals surface area contributed by atoms with Crippen LogP contribution in [0.2, 0.25) is 0 Å². The summed E-state index contributed by atoms with van der Waals surface area (Å²) in [6, 6.07) is 1.68. The van der Waals surface area contributed by atoms with Crippen LogP contribution < -0.4 is 10.1 Å². The molecule has 3 nitrogen and oxygen atoms in total. The van der Waals surface area contributed by atoms with Crippen LogP contribution >= 0.6 is 0 Å². The normalized spacial score (nSPS) is 21.1. The fourth-order valence-corrected chi connectivity index (χ4v) is 1.81. The second-order valence-corrected chi connectivity index (χ2v) is 3.40. The molecule has 4 heteroatoms. The maximum atomic E-state index is 13.0. The minimum atomic E-state index is -0.311. The van der Waals surface area contributed by atoms with Crippen molar-refractivity contribution in [1.82, 2.24) is 10.3 Å². The summed E-state index contributed by atoms with van der Waals surface area (Å²) in [6.45, 7) is 0.977. The zero-order valence-electron chi connectivity index (χ0n) is 8.09. The average molecular weight is 196 g/mol. The van der Waals surface area contributed by atoms with Crippen molar-refractivity contribution in [2.75, 3.05) is 13.7 Å². The molecule has 0 spiro atoms. The average Bonchev–Trinajstić information content (AvgIpc) is 2.70. The van der Waals surface area contributed by atoms with Crippen LogP contribution in [0.1, 0.15) is 24.4 Å². The third kappa shape index (κ3) is 1.70. The molecule has 1 aliphatic heterocycles. The van der Waals surface area contributed by atoms with Gasteiger partial charge in [0.2, 0.25) is 5.88 Å². The molecule has 0 amide bonds. The van der Waals surface area contributed by atoms with E-state index < -0.39 is 0 Å². The van der Waals surface area contributed by atoms with E-state index in [1.165, 1.54) is 12.3 Å². The van der Waals surface area contributed by atoms with E-state index in [-0.39, 0.29) is 11.9 Å². The van der Waals surface area contributed by atoms with Crippen molar-refractivity contribution < 1.29 is 9.13 Å². The van der Waals surface area contributed by atoms with Crippen molar-refractivity contribution in [2.24, 2.45) is 0 Å². The van der Waals surface area contributed by atoms with Gasteiger partial charge < -0.3 is 10.1 Å². The minimum absolute atomic E-state index is 0.188. The van der Waals surface area contributed by atoms with Gasteiger partial charge in [-0.25, -0.2) is 9.37 Å². The highest BCUT2D eigenvalue weighted by Gasteiger charge is 2.21. The standard InChI is InChI=1S/C10H13FN2O/c1-14-10-8(5-7(11)6-13-10)9-3-2-4-12-9/h5-6,9,12H,2-4H2,1H3. The van der Waals surface area contributed by atoms with Gasteiger partial charge in [0.25, 0.3) is 0 Å². The van der Waals surface area contributed by atoms with Crippen molar-refractivity contribution in [3.8, 4) is 5.88 Å². The van der Waals surface area contributed by atoms with Crippen LogP contribution in [0, 0.1) is 5.82 Å². The van der Waals surface area contributed by atoms with Crippen molar-refractivity contribution >= 4 is 0 Å². The fraction of sp³-hybridized carbons (Fsp3) is 0.500. The monoisotopic (exact) mass is 196 g/mol. The molecule has 14 heavy (non-hydrogen) atoms. The zero-order chi connectivity index (χ0) is 9.97. The highest BCUT2D eigenvalue weighted by atomic mass is 19.1. The lowest BCUT2D eigenvalue weighted by Crippen LogP contribution is -2.14. The van der Waals surface area contributed by atoms with Crippen LogP contribution in [0.3, 0.4) is 0 Å². The summed E-state index contributed by atoms with van der Waals surface area (Å²) >= 11 is 0. The number of ether oxygens (including phenoxy) is 1. The van der Waals surface area contributed by atoms with E-state index in [1.807, 2.05) is 0 Å². The number of methoxy groups -OCH3 is 1. The van der Waals surface area contributed by atoms with Gasteiger partial charge in [0, 0.05) is 11.6 Å². The molecule has 1 saturated heterocycles. The molecule has 0 aliphatic carbocycles. The molecule has 76 valence electrons. The third-order valence-corrected chi connectivity index (χ3v) is 2.47. The van der Waals surface area contributed by atoms with Crippen LogP contribution in [-0.4, -0.2) is 18.6 Å². The molecule has 1 aromatic rings. The van der Waals surface area contributed by atoms with Gasteiger partial charge in [0.15, 0.2) is 0 Å². The van der Waals surface area contributed by atoms with Crippen LogP contribution in [0.4, 0.5) is 4.39 Å². The van der Waals surface area contributed by atoms with E-state index in [2.05, 4.69) is 10.3 Å². The highest BCUT2D eigenvalue weighted by Crippen LogP contribution is 2.29. The number of nitrogens with one attached hydrogen (secondary N) is 1. The lowest BCUT2D eigenvalue weighted by molar-refractivity contribution is 0.383. The van der Waals surface area contributed by atoms with Crippen LogP contribution in [-0.2, 0) is 0 Å². The topological polar surface area (TPSA) is 34.1 Å². The van der Waals surface area contributed by atoms with Crippen molar-refractivity contribution in [2.45, 2.75) is 18.9 Å². The number of pyridine rings is 1. The Labute approximate surface area is 82.3 Å². The molecule has 0 aromatic carbocycles. The molecule has 0 saturated carbocycles. The molecule has 1 N–H and O–H groups in total. The SMILES string of the molecule is COc1ncc(F)cc1C1CCCN1. The minimum Gasteiger partial charge on any atom is -0.481 e. The third-order valence-electron chi connectivity index (χ3n) is 2.47. The number of aromatic nitrogens is 1. The summed E-state index contributed by atoms with van der Waals surface area (Å²) in [5.41, 5.74) is 0.824. The highest BCUT2D eigenvalue weighted by molar-refractivity contribution is 5.30. The molecule has 1 aliphatic rings. The second-order valence-electron chi connectivity index (χ2n) is 3.40. The first-order valence-corrected chi connectivity index (χ1v) is 4.74. The fourth-order valence-electron chi connectivity index (χ4n) is 1.81. The van der Waals surface area contributed by atoms with Crippen LogP contribution in [0.5, 0.6) is 5.88 Å². The number of rotatable bonds is 2. The Morgan fingerprint density at radius 2 is 2.50 bits per heavy atom.